The molecule has 2 saturated heterocycles. The summed E-state index contributed by atoms with van der Waals surface area (Å²) in [6, 6.07) is 0.00104. The lowest BCUT2D eigenvalue weighted by molar-refractivity contribution is -0.176. The number of carbonyl (C=O) groups is 1. The zero-order valence-electron chi connectivity index (χ0n) is 11.1. The molecular weight excluding hydrogens is 234 g/mol. The number of rotatable bonds is 3. The van der Waals surface area contributed by atoms with Gasteiger partial charge in [0.25, 0.3) is 0 Å². The molecule has 0 aromatic heterocycles. The van der Waals surface area contributed by atoms with Crippen molar-refractivity contribution < 1.29 is 19.7 Å². The van der Waals surface area contributed by atoms with Crippen LogP contribution in [0.2, 0.25) is 0 Å². The summed E-state index contributed by atoms with van der Waals surface area (Å²) in [6.07, 6.45) is -0.277. The summed E-state index contributed by atoms with van der Waals surface area (Å²) < 4.78 is 5.27. The third kappa shape index (κ3) is 2.53. The van der Waals surface area contributed by atoms with Crippen molar-refractivity contribution >= 4 is 5.97 Å². The van der Waals surface area contributed by atoms with E-state index >= 15 is 0 Å². The van der Waals surface area contributed by atoms with Gasteiger partial charge in [-0.15, -0.1) is 0 Å². The first-order chi connectivity index (χ1) is 8.54. The third-order valence-corrected chi connectivity index (χ3v) is 4.11. The Morgan fingerprint density at radius 1 is 1.39 bits per heavy atom. The first kappa shape index (κ1) is 13.8. The minimum absolute atomic E-state index is 0.00104. The van der Waals surface area contributed by atoms with Crippen molar-refractivity contribution in [2.75, 3.05) is 13.1 Å². The maximum absolute atomic E-state index is 11.5. The van der Waals surface area contributed by atoms with Crippen molar-refractivity contribution in [3.8, 4) is 0 Å². The fourth-order valence-electron chi connectivity index (χ4n) is 3.11. The summed E-state index contributed by atoms with van der Waals surface area (Å²) >= 11 is 0. The SMILES string of the molecule is CCCC(=O)O[C@H]1CN2CC[C@H](C)[C@@H]2[C@@H](O)[C@@H]1O. The van der Waals surface area contributed by atoms with Gasteiger partial charge in [0.05, 0.1) is 6.10 Å². The van der Waals surface area contributed by atoms with Crippen LogP contribution in [0.3, 0.4) is 0 Å². The highest BCUT2D eigenvalue weighted by molar-refractivity contribution is 5.69. The zero-order valence-corrected chi connectivity index (χ0v) is 11.1. The highest BCUT2D eigenvalue weighted by Crippen LogP contribution is 2.33. The molecule has 5 nitrogen and oxygen atoms in total. The van der Waals surface area contributed by atoms with Gasteiger partial charge in [0.2, 0.25) is 0 Å². The van der Waals surface area contributed by atoms with Crippen LogP contribution in [-0.4, -0.2) is 58.5 Å². The smallest absolute Gasteiger partial charge is 0.306 e. The highest BCUT2D eigenvalue weighted by atomic mass is 16.6. The van der Waals surface area contributed by atoms with Crippen LogP contribution in [0.4, 0.5) is 0 Å². The predicted molar refractivity (Wildman–Crippen MR) is 65.9 cm³/mol. The van der Waals surface area contributed by atoms with Gasteiger partial charge in [-0.1, -0.05) is 13.8 Å². The molecule has 2 N–H and O–H groups in total. The van der Waals surface area contributed by atoms with Crippen molar-refractivity contribution in [2.24, 2.45) is 5.92 Å². The summed E-state index contributed by atoms with van der Waals surface area (Å²) in [5, 5.41) is 20.2. The molecule has 0 amide bonds. The molecular formula is C13H23NO4. The number of fused-ring (bicyclic) bond motifs is 1. The number of ether oxygens (including phenoxy) is 1. The molecule has 0 spiro atoms. The van der Waals surface area contributed by atoms with E-state index in [4.69, 9.17) is 4.74 Å². The molecule has 5 atom stereocenters. The molecule has 0 unspecified atom stereocenters. The van der Waals surface area contributed by atoms with E-state index in [0.717, 1.165) is 19.4 Å². The molecule has 5 heteroatoms. The Balaban J connectivity index is 2.00. The van der Waals surface area contributed by atoms with Crippen LogP contribution in [0.25, 0.3) is 0 Å². The average Bonchev–Trinajstić information content (AvgIpc) is 2.67. The van der Waals surface area contributed by atoms with Gasteiger partial charge in [-0.05, 0) is 25.3 Å². The molecule has 0 bridgehead atoms. The van der Waals surface area contributed by atoms with E-state index in [1.807, 2.05) is 6.92 Å². The quantitative estimate of drug-likeness (QED) is 0.704. The Labute approximate surface area is 108 Å². The van der Waals surface area contributed by atoms with Gasteiger partial charge in [0.1, 0.15) is 12.2 Å². The number of hydrogen-bond acceptors (Lipinski definition) is 5. The number of aliphatic hydroxyl groups excluding tert-OH is 2. The van der Waals surface area contributed by atoms with E-state index in [0.29, 0.717) is 18.9 Å². The average molecular weight is 257 g/mol. The molecule has 0 radical (unpaired) electrons. The van der Waals surface area contributed by atoms with Crippen LogP contribution in [-0.2, 0) is 9.53 Å². The van der Waals surface area contributed by atoms with Crippen molar-refractivity contribution in [1.29, 1.82) is 0 Å². The highest BCUT2D eigenvalue weighted by Gasteiger charge is 2.48. The lowest BCUT2D eigenvalue weighted by atomic mass is 9.89. The lowest BCUT2D eigenvalue weighted by Crippen LogP contribution is -2.61. The van der Waals surface area contributed by atoms with Crippen LogP contribution in [0.1, 0.15) is 33.1 Å². The second-order valence-corrected chi connectivity index (χ2v) is 5.51. The van der Waals surface area contributed by atoms with E-state index < -0.39 is 18.3 Å². The van der Waals surface area contributed by atoms with Gasteiger partial charge >= 0.3 is 5.97 Å². The maximum atomic E-state index is 11.5. The van der Waals surface area contributed by atoms with Crippen LogP contribution < -0.4 is 0 Å². The largest absolute Gasteiger partial charge is 0.458 e. The van der Waals surface area contributed by atoms with Crippen LogP contribution in [0.5, 0.6) is 0 Å². The second-order valence-electron chi connectivity index (χ2n) is 5.51. The van der Waals surface area contributed by atoms with Gasteiger partial charge in [-0.25, -0.2) is 0 Å². The molecule has 18 heavy (non-hydrogen) atoms. The van der Waals surface area contributed by atoms with Gasteiger partial charge in [-0.2, -0.15) is 0 Å². The lowest BCUT2D eigenvalue weighted by Gasteiger charge is -2.42. The molecule has 0 aromatic carbocycles. The monoisotopic (exact) mass is 257 g/mol. The first-order valence-corrected chi connectivity index (χ1v) is 6.84. The minimum Gasteiger partial charge on any atom is -0.458 e. The van der Waals surface area contributed by atoms with E-state index in [2.05, 4.69) is 11.8 Å². The van der Waals surface area contributed by atoms with Gasteiger partial charge in [0.15, 0.2) is 0 Å². The molecule has 2 fully saturated rings. The summed E-state index contributed by atoms with van der Waals surface area (Å²) in [6.45, 7) is 5.43. The van der Waals surface area contributed by atoms with E-state index in [1.165, 1.54) is 0 Å². The molecule has 0 saturated carbocycles. The Morgan fingerprint density at radius 2 is 2.11 bits per heavy atom. The number of nitrogens with zero attached hydrogens (tertiary/aromatic N) is 1. The molecule has 2 aliphatic rings. The first-order valence-electron chi connectivity index (χ1n) is 6.84. The van der Waals surface area contributed by atoms with Crippen LogP contribution >= 0.6 is 0 Å². The van der Waals surface area contributed by atoms with Gasteiger partial charge in [-0.3, -0.25) is 9.69 Å². The molecule has 0 aromatic rings. The Bertz CT molecular complexity index is 309. The fourth-order valence-corrected chi connectivity index (χ4v) is 3.11. The molecule has 0 aliphatic carbocycles. The van der Waals surface area contributed by atoms with Crippen molar-refractivity contribution in [2.45, 2.75) is 57.5 Å². The number of carbonyl (C=O) groups excluding carboxylic acids is 1. The minimum atomic E-state index is -0.965. The number of esters is 1. The number of aliphatic hydroxyl groups is 2. The molecule has 104 valence electrons. The Hall–Kier alpha value is -0.650. The molecule has 2 heterocycles. The van der Waals surface area contributed by atoms with E-state index in [9.17, 15) is 15.0 Å². The third-order valence-electron chi connectivity index (χ3n) is 4.11. The second kappa shape index (κ2) is 5.55. The normalized spacial score (nSPS) is 40.6. The summed E-state index contributed by atoms with van der Waals surface area (Å²) in [7, 11) is 0. The number of hydrogen-bond donors (Lipinski definition) is 2. The molecule has 2 rings (SSSR count). The molecule has 2 aliphatic heterocycles. The Kier molecular flexibility index (Phi) is 4.25. The topological polar surface area (TPSA) is 70.0 Å². The van der Waals surface area contributed by atoms with Crippen molar-refractivity contribution in [3.05, 3.63) is 0 Å². The van der Waals surface area contributed by atoms with E-state index in [1.54, 1.807) is 0 Å². The Morgan fingerprint density at radius 3 is 2.78 bits per heavy atom. The van der Waals surface area contributed by atoms with Gasteiger partial charge < -0.3 is 14.9 Å². The van der Waals surface area contributed by atoms with E-state index in [-0.39, 0.29) is 12.0 Å². The predicted octanol–water partition coefficient (Wildman–Crippen LogP) is 0.144. The summed E-state index contributed by atoms with van der Waals surface area (Å²) in [4.78, 5) is 13.6. The summed E-state index contributed by atoms with van der Waals surface area (Å²) in [5.74, 6) is 0.0846. The van der Waals surface area contributed by atoms with Crippen molar-refractivity contribution in [3.63, 3.8) is 0 Å². The number of piperidine rings is 1. The summed E-state index contributed by atoms with van der Waals surface area (Å²) in [5.41, 5.74) is 0. The van der Waals surface area contributed by atoms with Crippen molar-refractivity contribution in [1.82, 2.24) is 4.90 Å². The van der Waals surface area contributed by atoms with Gasteiger partial charge in [0, 0.05) is 19.0 Å². The van der Waals surface area contributed by atoms with Crippen LogP contribution in [0, 0.1) is 5.92 Å². The fraction of sp³-hybridized carbons (Fsp3) is 0.923. The standard InChI is InChI=1S/C13H23NO4/c1-3-4-10(15)18-9-7-14-6-5-8(2)11(14)13(17)12(9)16/h8-9,11-13,16-17H,3-7H2,1-2H3/t8-,9-,11+,12+,13+/m0/s1. The maximum Gasteiger partial charge on any atom is 0.306 e. The zero-order chi connectivity index (χ0) is 13.3. The van der Waals surface area contributed by atoms with Crippen LogP contribution in [0.15, 0.2) is 0 Å².